The van der Waals surface area contributed by atoms with Crippen molar-refractivity contribution in [2.45, 2.75) is 13.5 Å². The Morgan fingerprint density at radius 3 is 2.58 bits per heavy atom. The number of fused-ring (bicyclic) bond motifs is 1. The number of anilines is 1. The van der Waals surface area contributed by atoms with Gasteiger partial charge in [0.25, 0.3) is 5.56 Å². The van der Waals surface area contributed by atoms with E-state index in [2.05, 4.69) is 15.3 Å². The smallest absolute Gasteiger partial charge is 0.268 e. The monoisotopic (exact) mass is 436 g/mol. The molecule has 0 aliphatic heterocycles. The number of benzene rings is 2. The molecule has 1 amide bonds. The molecule has 2 heterocycles. The number of rotatable bonds is 6. The molecule has 2 N–H and O–H groups in total. The molecule has 4 aromatic rings. The van der Waals surface area contributed by atoms with Crippen LogP contribution in [0.4, 0.5) is 10.1 Å². The maximum absolute atomic E-state index is 13.2. The van der Waals surface area contributed by atoms with Crippen LogP contribution in [-0.2, 0) is 11.3 Å². The minimum atomic E-state index is -0.308. The van der Waals surface area contributed by atoms with Crippen molar-refractivity contribution in [3.63, 3.8) is 0 Å². The van der Waals surface area contributed by atoms with E-state index in [-0.39, 0.29) is 23.8 Å². The van der Waals surface area contributed by atoms with Gasteiger partial charge in [0, 0.05) is 10.6 Å². The average Bonchev–Trinajstić information content (AvgIpc) is 3.15. The van der Waals surface area contributed by atoms with Crippen LogP contribution in [0.3, 0.4) is 0 Å². The highest BCUT2D eigenvalue weighted by molar-refractivity contribution is 7.22. The highest BCUT2D eigenvalue weighted by Gasteiger charge is 2.13. The van der Waals surface area contributed by atoms with Crippen LogP contribution in [-0.4, -0.2) is 34.4 Å². The van der Waals surface area contributed by atoms with Crippen LogP contribution >= 0.6 is 11.3 Å². The molecule has 0 aliphatic carbocycles. The van der Waals surface area contributed by atoms with Gasteiger partial charge < -0.3 is 10.3 Å². The SMILES string of the molecule is Cc1ccc(NC(=O)CN(C)Cc2nc3cc(-c4ccc(F)cc4)sc3c(=O)[nH]2)cc1. The van der Waals surface area contributed by atoms with Crippen molar-refractivity contribution in [3.8, 4) is 10.4 Å². The second kappa shape index (κ2) is 8.79. The molecule has 0 spiro atoms. The average molecular weight is 437 g/mol. The Labute approximate surface area is 182 Å². The van der Waals surface area contributed by atoms with E-state index in [9.17, 15) is 14.0 Å². The molecule has 2 aromatic carbocycles. The quantitative estimate of drug-likeness (QED) is 0.476. The van der Waals surface area contributed by atoms with Crippen LogP contribution in [0.2, 0.25) is 0 Å². The first-order valence-corrected chi connectivity index (χ1v) is 10.5. The molecule has 2 aromatic heterocycles. The summed E-state index contributed by atoms with van der Waals surface area (Å²) in [6.07, 6.45) is 0. The van der Waals surface area contributed by atoms with Gasteiger partial charge in [-0.1, -0.05) is 29.8 Å². The van der Waals surface area contributed by atoms with E-state index in [1.165, 1.54) is 23.5 Å². The minimum Gasteiger partial charge on any atom is -0.325 e. The lowest BCUT2D eigenvalue weighted by Gasteiger charge is -2.15. The van der Waals surface area contributed by atoms with E-state index in [1.54, 1.807) is 24.1 Å². The van der Waals surface area contributed by atoms with Crippen molar-refractivity contribution in [1.82, 2.24) is 14.9 Å². The fraction of sp³-hybridized carbons (Fsp3) is 0.174. The third-order valence-electron chi connectivity index (χ3n) is 4.73. The fourth-order valence-electron chi connectivity index (χ4n) is 3.21. The fourth-order valence-corrected chi connectivity index (χ4v) is 4.21. The van der Waals surface area contributed by atoms with Gasteiger partial charge in [-0.3, -0.25) is 14.5 Å². The summed E-state index contributed by atoms with van der Waals surface area (Å²) in [6, 6.07) is 15.5. The predicted molar refractivity (Wildman–Crippen MR) is 122 cm³/mol. The van der Waals surface area contributed by atoms with Gasteiger partial charge in [0.05, 0.1) is 18.6 Å². The number of halogens is 1. The summed E-state index contributed by atoms with van der Waals surface area (Å²) < 4.78 is 13.7. The Bertz CT molecular complexity index is 1280. The third-order valence-corrected chi connectivity index (χ3v) is 5.90. The molecule has 6 nitrogen and oxygen atoms in total. The summed E-state index contributed by atoms with van der Waals surface area (Å²) in [4.78, 5) is 34.8. The van der Waals surface area contributed by atoms with Crippen molar-refractivity contribution in [2.75, 3.05) is 18.9 Å². The summed E-state index contributed by atoms with van der Waals surface area (Å²) in [7, 11) is 1.79. The molecule has 4 rings (SSSR count). The van der Waals surface area contributed by atoms with Gasteiger partial charge in [0.2, 0.25) is 5.91 Å². The Morgan fingerprint density at radius 1 is 1.16 bits per heavy atom. The number of aromatic nitrogens is 2. The maximum Gasteiger partial charge on any atom is 0.268 e. The molecule has 158 valence electrons. The van der Waals surface area contributed by atoms with E-state index in [0.717, 1.165) is 21.7 Å². The minimum absolute atomic E-state index is 0.149. The van der Waals surface area contributed by atoms with E-state index >= 15 is 0 Å². The van der Waals surface area contributed by atoms with Gasteiger partial charge in [-0.25, -0.2) is 9.37 Å². The van der Waals surface area contributed by atoms with Crippen LogP contribution < -0.4 is 10.9 Å². The molecular formula is C23H21FN4O2S. The van der Waals surface area contributed by atoms with Gasteiger partial charge in [-0.2, -0.15) is 0 Å². The molecule has 0 saturated heterocycles. The van der Waals surface area contributed by atoms with Crippen LogP contribution in [0.1, 0.15) is 11.4 Å². The summed E-state index contributed by atoms with van der Waals surface area (Å²) in [5, 5.41) is 2.85. The first kappa shape index (κ1) is 20.9. The number of nitrogens with zero attached hydrogens (tertiary/aromatic N) is 2. The zero-order valence-corrected chi connectivity index (χ0v) is 17.9. The Kier molecular flexibility index (Phi) is 5.92. The summed E-state index contributed by atoms with van der Waals surface area (Å²) in [5.41, 5.74) is 3.05. The molecule has 0 atom stereocenters. The molecule has 0 unspecified atom stereocenters. The number of H-pyrrole nitrogens is 1. The third kappa shape index (κ3) is 5.04. The van der Waals surface area contributed by atoms with E-state index in [1.807, 2.05) is 37.3 Å². The number of likely N-dealkylation sites (N-methyl/N-ethyl adjacent to an activating group) is 1. The maximum atomic E-state index is 13.2. The molecule has 8 heteroatoms. The number of hydrogen-bond donors (Lipinski definition) is 2. The van der Waals surface area contributed by atoms with Gasteiger partial charge in [-0.05, 0) is 49.9 Å². The van der Waals surface area contributed by atoms with Crippen molar-refractivity contribution in [3.05, 3.63) is 82.2 Å². The summed E-state index contributed by atoms with van der Waals surface area (Å²) in [5.74, 6) is 0.0214. The standard InChI is InChI=1S/C23H21FN4O2S/c1-14-3-9-17(10-4-14)25-21(29)13-28(2)12-20-26-18-11-19(31-22(18)23(30)27-20)15-5-7-16(24)8-6-15/h3-11H,12-13H2,1-2H3,(H,25,29)(H,26,27,30). The molecule has 0 bridgehead atoms. The summed E-state index contributed by atoms with van der Waals surface area (Å²) in [6.45, 7) is 2.45. The lowest BCUT2D eigenvalue weighted by atomic mass is 10.2. The second-order valence-electron chi connectivity index (χ2n) is 7.43. The molecule has 0 radical (unpaired) electrons. The number of thiophene rings is 1. The number of carbonyl (C=O) groups is 1. The molecule has 0 aliphatic rings. The van der Waals surface area contributed by atoms with Gasteiger partial charge in [-0.15, -0.1) is 11.3 Å². The van der Waals surface area contributed by atoms with Crippen molar-refractivity contribution in [1.29, 1.82) is 0 Å². The lowest BCUT2D eigenvalue weighted by Crippen LogP contribution is -2.31. The summed E-state index contributed by atoms with van der Waals surface area (Å²) >= 11 is 1.32. The molecule has 0 saturated carbocycles. The van der Waals surface area contributed by atoms with Gasteiger partial charge in [0.15, 0.2) is 0 Å². The lowest BCUT2D eigenvalue weighted by molar-refractivity contribution is -0.117. The van der Waals surface area contributed by atoms with Gasteiger partial charge >= 0.3 is 0 Å². The van der Waals surface area contributed by atoms with E-state index < -0.39 is 0 Å². The highest BCUT2D eigenvalue weighted by Crippen LogP contribution is 2.30. The topological polar surface area (TPSA) is 78.1 Å². The number of hydrogen-bond acceptors (Lipinski definition) is 5. The Morgan fingerprint density at radius 2 is 1.87 bits per heavy atom. The normalized spacial score (nSPS) is 11.2. The Hall–Kier alpha value is -3.36. The first-order chi connectivity index (χ1) is 14.9. The number of carbonyl (C=O) groups excluding carboxylic acids is 1. The number of aromatic amines is 1. The zero-order valence-electron chi connectivity index (χ0n) is 17.1. The zero-order chi connectivity index (χ0) is 22.0. The molecular weight excluding hydrogens is 415 g/mol. The number of aryl methyl sites for hydroxylation is 1. The van der Waals surface area contributed by atoms with Crippen LogP contribution in [0.15, 0.2) is 59.4 Å². The predicted octanol–water partition coefficient (Wildman–Crippen LogP) is 4.17. The number of amides is 1. The van der Waals surface area contributed by atoms with Gasteiger partial charge in [0.1, 0.15) is 16.3 Å². The second-order valence-corrected chi connectivity index (χ2v) is 8.48. The number of nitrogens with one attached hydrogen (secondary N) is 2. The van der Waals surface area contributed by atoms with Crippen molar-refractivity contribution in [2.24, 2.45) is 0 Å². The van der Waals surface area contributed by atoms with E-state index in [0.29, 0.717) is 22.6 Å². The highest BCUT2D eigenvalue weighted by atomic mass is 32.1. The Balaban J connectivity index is 1.46. The van der Waals surface area contributed by atoms with Crippen molar-refractivity contribution >= 4 is 33.1 Å². The van der Waals surface area contributed by atoms with Crippen molar-refractivity contribution < 1.29 is 9.18 Å². The van der Waals surface area contributed by atoms with Crippen LogP contribution in [0.25, 0.3) is 20.7 Å². The first-order valence-electron chi connectivity index (χ1n) is 9.71. The molecule has 0 fully saturated rings. The largest absolute Gasteiger partial charge is 0.325 e. The van der Waals surface area contributed by atoms with Crippen LogP contribution in [0.5, 0.6) is 0 Å². The van der Waals surface area contributed by atoms with Crippen LogP contribution in [0, 0.1) is 12.7 Å². The molecule has 31 heavy (non-hydrogen) atoms. The van der Waals surface area contributed by atoms with E-state index in [4.69, 9.17) is 0 Å².